The fraction of sp³-hybridized carbons (Fsp3) is 0.500. The van der Waals surface area contributed by atoms with Crippen LogP contribution < -0.4 is 9.47 Å². The molecular formula is C40H48N6O6. The second kappa shape index (κ2) is 12.3. The third-order valence-corrected chi connectivity index (χ3v) is 10.4. The van der Waals surface area contributed by atoms with Gasteiger partial charge < -0.3 is 28.9 Å². The van der Waals surface area contributed by atoms with Gasteiger partial charge in [-0.25, -0.2) is 19.6 Å². The van der Waals surface area contributed by atoms with Crippen molar-refractivity contribution in [1.29, 1.82) is 0 Å². The number of H-pyrrole nitrogens is 2. The van der Waals surface area contributed by atoms with Gasteiger partial charge in [-0.15, -0.1) is 0 Å². The average molecular weight is 709 g/mol. The molecule has 52 heavy (non-hydrogen) atoms. The molecule has 6 heterocycles. The minimum absolute atomic E-state index is 0.0582. The monoisotopic (exact) mass is 708 g/mol. The summed E-state index contributed by atoms with van der Waals surface area (Å²) in [6.45, 7) is 16.2. The molecule has 8 rings (SSSR count). The predicted octanol–water partition coefficient (Wildman–Crippen LogP) is 8.84. The van der Waals surface area contributed by atoms with Crippen LogP contribution in [0.5, 0.6) is 11.5 Å². The summed E-state index contributed by atoms with van der Waals surface area (Å²) in [4.78, 5) is 46.4. The van der Waals surface area contributed by atoms with E-state index in [1.54, 1.807) is 0 Å². The molecule has 4 atom stereocenters. The number of hydrogen-bond acceptors (Lipinski definition) is 8. The van der Waals surface area contributed by atoms with Crippen LogP contribution in [0.2, 0.25) is 0 Å². The first-order valence-electron chi connectivity index (χ1n) is 18.4. The number of hydrogen-bond donors (Lipinski definition) is 2. The van der Waals surface area contributed by atoms with Crippen molar-refractivity contribution in [2.24, 2.45) is 0 Å². The van der Waals surface area contributed by atoms with E-state index in [0.717, 1.165) is 93.6 Å². The molecule has 2 aromatic carbocycles. The minimum atomic E-state index is -0.575. The third-order valence-electron chi connectivity index (χ3n) is 10.4. The summed E-state index contributed by atoms with van der Waals surface area (Å²) in [7, 11) is 0. The number of carbonyl (C=O) groups is 2. The zero-order valence-corrected chi connectivity index (χ0v) is 31.3. The Morgan fingerprint density at radius 1 is 0.673 bits per heavy atom. The van der Waals surface area contributed by atoms with Crippen molar-refractivity contribution in [1.82, 2.24) is 29.7 Å². The van der Waals surface area contributed by atoms with Crippen molar-refractivity contribution in [2.75, 3.05) is 0 Å². The second-order valence-electron chi connectivity index (χ2n) is 16.6. The molecule has 2 amide bonds. The van der Waals surface area contributed by atoms with Crippen LogP contribution >= 0.6 is 0 Å². The first-order valence-corrected chi connectivity index (χ1v) is 18.4. The summed E-state index contributed by atoms with van der Waals surface area (Å²) >= 11 is 0. The van der Waals surface area contributed by atoms with E-state index in [9.17, 15) is 9.59 Å². The fourth-order valence-corrected chi connectivity index (χ4v) is 8.05. The number of aromatic nitrogens is 4. The molecule has 0 bridgehead atoms. The van der Waals surface area contributed by atoms with Gasteiger partial charge in [0, 0.05) is 45.5 Å². The van der Waals surface area contributed by atoms with Gasteiger partial charge in [-0.05, 0) is 105 Å². The minimum Gasteiger partial charge on any atom is -0.488 e. The van der Waals surface area contributed by atoms with Crippen LogP contribution in [-0.4, -0.2) is 65.2 Å². The molecule has 2 aromatic heterocycles. The first kappa shape index (κ1) is 34.1. The Morgan fingerprint density at radius 2 is 1.08 bits per heavy atom. The Bertz CT molecular complexity index is 1860. The topological polar surface area (TPSA) is 135 Å². The summed E-state index contributed by atoms with van der Waals surface area (Å²) in [5.74, 6) is 3.10. The molecule has 274 valence electrons. The highest BCUT2D eigenvalue weighted by Gasteiger charge is 2.41. The van der Waals surface area contributed by atoms with Gasteiger partial charge in [0.25, 0.3) is 0 Å². The largest absolute Gasteiger partial charge is 0.488 e. The number of benzene rings is 2. The Kier molecular flexibility index (Phi) is 8.07. The molecule has 12 heteroatoms. The second-order valence-corrected chi connectivity index (χ2v) is 16.6. The van der Waals surface area contributed by atoms with Crippen molar-refractivity contribution in [3.8, 4) is 45.1 Å². The maximum absolute atomic E-state index is 13.1. The van der Waals surface area contributed by atoms with E-state index < -0.39 is 11.2 Å². The number of aromatic amines is 2. The highest BCUT2D eigenvalue weighted by atomic mass is 16.6. The fourth-order valence-electron chi connectivity index (χ4n) is 8.05. The zero-order valence-electron chi connectivity index (χ0n) is 31.3. The van der Waals surface area contributed by atoms with Crippen molar-refractivity contribution in [2.45, 2.75) is 130 Å². The Morgan fingerprint density at radius 3 is 1.46 bits per heavy atom. The molecule has 2 fully saturated rings. The van der Waals surface area contributed by atoms with Gasteiger partial charge in [0.2, 0.25) is 0 Å². The Labute approximate surface area is 304 Å². The van der Waals surface area contributed by atoms with E-state index in [1.165, 1.54) is 0 Å². The predicted molar refractivity (Wildman–Crippen MR) is 195 cm³/mol. The maximum Gasteiger partial charge on any atom is 0.411 e. The van der Waals surface area contributed by atoms with Gasteiger partial charge in [0.1, 0.15) is 47.6 Å². The van der Waals surface area contributed by atoms with Crippen molar-refractivity contribution < 1.29 is 28.5 Å². The standard InChI is InChI=1S/C40H48N6O6/c1-21-9-11-29(45(21)37(47)51-39(3,4)5)35-41-17-27(43-35)23-13-25-19-50-32-16-24(14-26-20-49-31(15-23)33(25)34(26)32)28-18-42-36(44-28)30-12-10-22(2)46(30)38(48)52-40(6,7)8/h13-18,21-22,29-30H,9-12,19-20H2,1-8H3,(H,41,43)(H,42,44). The van der Waals surface area contributed by atoms with Crippen LogP contribution in [0, 0.1) is 0 Å². The van der Waals surface area contributed by atoms with E-state index in [2.05, 4.69) is 48.1 Å². The van der Waals surface area contributed by atoms with E-state index in [-0.39, 0.29) is 36.4 Å². The first-order chi connectivity index (χ1) is 24.6. The van der Waals surface area contributed by atoms with Crippen molar-refractivity contribution >= 4 is 12.2 Å². The third kappa shape index (κ3) is 6.15. The number of nitrogens with zero attached hydrogens (tertiary/aromatic N) is 4. The molecule has 0 radical (unpaired) electrons. The Hall–Kier alpha value is -5.00. The van der Waals surface area contributed by atoms with Gasteiger partial charge in [-0.1, -0.05) is 0 Å². The molecule has 0 aliphatic carbocycles. The molecular weight excluding hydrogens is 660 g/mol. The summed E-state index contributed by atoms with van der Waals surface area (Å²) in [6.07, 6.45) is 6.41. The van der Waals surface area contributed by atoms with Crippen LogP contribution in [0.4, 0.5) is 9.59 Å². The van der Waals surface area contributed by atoms with Gasteiger partial charge in [-0.2, -0.15) is 0 Å². The molecule has 0 saturated carbocycles. The Balaban J connectivity index is 1.05. The van der Waals surface area contributed by atoms with E-state index in [0.29, 0.717) is 13.2 Å². The normalized spacial score (nSPS) is 22.2. The van der Waals surface area contributed by atoms with Crippen molar-refractivity contribution in [3.05, 3.63) is 59.4 Å². The highest BCUT2D eigenvalue weighted by molar-refractivity contribution is 5.88. The average Bonchev–Trinajstić information content (AvgIpc) is 3.88. The number of amides is 2. The summed E-state index contributed by atoms with van der Waals surface area (Å²) in [5.41, 5.74) is 6.63. The molecule has 4 aromatic rings. The smallest absolute Gasteiger partial charge is 0.411 e. The van der Waals surface area contributed by atoms with Gasteiger partial charge in [0.15, 0.2) is 0 Å². The number of imidazole rings is 2. The van der Waals surface area contributed by atoms with Gasteiger partial charge in [0.05, 0.1) is 35.9 Å². The number of carbonyl (C=O) groups excluding carboxylic acids is 2. The molecule has 2 saturated heterocycles. The lowest BCUT2D eigenvalue weighted by Gasteiger charge is -2.31. The van der Waals surface area contributed by atoms with Gasteiger partial charge >= 0.3 is 12.2 Å². The number of likely N-dealkylation sites (tertiary alicyclic amines) is 2. The summed E-state index contributed by atoms with van der Waals surface area (Å²) < 4.78 is 24.3. The maximum atomic E-state index is 13.1. The number of nitrogens with one attached hydrogen (secondary N) is 2. The molecule has 12 nitrogen and oxygen atoms in total. The van der Waals surface area contributed by atoms with Crippen LogP contribution in [0.1, 0.15) is 116 Å². The molecule has 2 N–H and O–H groups in total. The number of rotatable bonds is 4. The van der Waals surface area contributed by atoms with Crippen LogP contribution in [0.3, 0.4) is 0 Å². The molecule has 4 unspecified atom stereocenters. The lowest BCUT2D eigenvalue weighted by Crippen LogP contribution is -2.40. The van der Waals surface area contributed by atoms with Crippen LogP contribution in [-0.2, 0) is 22.7 Å². The highest BCUT2D eigenvalue weighted by Crippen LogP contribution is 2.51. The number of ether oxygens (including phenoxy) is 4. The zero-order chi connectivity index (χ0) is 36.7. The lowest BCUT2D eigenvalue weighted by atomic mass is 9.87. The van der Waals surface area contributed by atoms with Gasteiger partial charge in [-0.3, -0.25) is 9.80 Å². The van der Waals surface area contributed by atoms with E-state index in [4.69, 9.17) is 28.9 Å². The lowest BCUT2D eigenvalue weighted by molar-refractivity contribution is 0.0141. The van der Waals surface area contributed by atoms with E-state index in [1.807, 2.05) is 63.7 Å². The van der Waals surface area contributed by atoms with Crippen LogP contribution in [0.25, 0.3) is 33.6 Å². The molecule has 0 spiro atoms. The van der Waals surface area contributed by atoms with E-state index >= 15 is 0 Å². The van der Waals surface area contributed by atoms with Crippen molar-refractivity contribution in [3.63, 3.8) is 0 Å². The summed E-state index contributed by atoms with van der Waals surface area (Å²) in [6, 6.07) is 8.13. The van der Waals surface area contributed by atoms with Crippen LogP contribution in [0.15, 0.2) is 36.7 Å². The summed E-state index contributed by atoms with van der Waals surface area (Å²) in [5, 5.41) is 0. The molecule has 4 aliphatic rings. The quantitative estimate of drug-likeness (QED) is 0.215. The molecule has 4 aliphatic heterocycles. The SMILES string of the molecule is CC1CCC(c2ncc(-c3cc4c5c(c3)OCc3cc(-c6cnc(C7CCC(C)N7C(=O)OC(C)(C)C)[nH]6)cc(c3-5)OC4)[nH]2)N1C(=O)OC(C)(C)C.